The molecule has 0 atom stereocenters. The highest BCUT2D eigenvalue weighted by Crippen LogP contribution is 2.45. The number of para-hydroxylation sites is 1. The molecule has 0 saturated heterocycles. The van der Waals surface area contributed by atoms with Crippen molar-refractivity contribution in [3.05, 3.63) is 158 Å². The third kappa shape index (κ3) is 3.79. The Morgan fingerprint density at radius 2 is 0.767 bits per heavy atom. The minimum Gasteiger partial charge on any atom is -0.456 e. The Morgan fingerprint density at radius 1 is 0.279 bits per heavy atom. The number of hydrogen-bond donors (Lipinski definition) is 0. The monoisotopic (exact) mass is 546 g/mol. The summed E-state index contributed by atoms with van der Waals surface area (Å²) in [5, 5.41) is 9.77. The van der Waals surface area contributed by atoms with Gasteiger partial charge in [-0.15, -0.1) is 0 Å². The number of benzene rings is 8. The van der Waals surface area contributed by atoms with Crippen molar-refractivity contribution in [2.45, 2.75) is 0 Å². The second kappa shape index (κ2) is 9.44. The van der Waals surface area contributed by atoms with E-state index in [0.717, 1.165) is 27.5 Å². The highest BCUT2D eigenvalue weighted by atomic mass is 16.3. The van der Waals surface area contributed by atoms with Gasteiger partial charge in [0.2, 0.25) is 0 Å². The summed E-state index contributed by atoms with van der Waals surface area (Å²) in [5.74, 6) is 0. The summed E-state index contributed by atoms with van der Waals surface area (Å²) < 4.78 is 6.31. The normalized spacial score (nSPS) is 11.7. The standard InChI is InChI=1S/C42H26O/c1-2-10-27(11-3-1)29-20-18-28-19-21-30(25-32(28)24-29)41-35-13-4-6-15-37(35)42(38-16-7-5-14-36(38)41)31-22-23-34-33-12-8-9-17-39(33)43-40(34)26-31/h1-26H. The van der Waals surface area contributed by atoms with Gasteiger partial charge in [-0.3, -0.25) is 0 Å². The Bertz CT molecular complexity index is 2440. The number of hydrogen-bond acceptors (Lipinski definition) is 1. The van der Waals surface area contributed by atoms with Crippen LogP contribution in [0, 0.1) is 0 Å². The van der Waals surface area contributed by atoms with Crippen LogP contribution in [0.3, 0.4) is 0 Å². The first-order valence-corrected chi connectivity index (χ1v) is 14.8. The van der Waals surface area contributed by atoms with Crippen molar-refractivity contribution in [1.29, 1.82) is 0 Å². The molecule has 0 fully saturated rings. The zero-order valence-electron chi connectivity index (χ0n) is 23.4. The fourth-order valence-electron chi connectivity index (χ4n) is 6.84. The molecule has 9 rings (SSSR count). The summed E-state index contributed by atoms with van der Waals surface area (Å²) in [4.78, 5) is 0. The molecule has 1 heteroatoms. The smallest absolute Gasteiger partial charge is 0.136 e. The minimum absolute atomic E-state index is 0.916. The molecule has 0 bridgehead atoms. The van der Waals surface area contributed by atoms with Crippen molar-refractivity contribution in [2.75, 3.05) is 0 Å². The topological polar surface area (TPSA) is 13.1 Å². The number of fused-ring (bicyclic) bond motifs is 6. The molecule has 0 spiro atoms. The lowest BCUT2D eigenvalue weighted by atomic mass is 9.85. The van der Waals surface area contributed by atoms with Crippen LogP contribution in [0.25, 0.3) is 87.6 Å². The molecule has 0 unspecified atom stereocenters. The SMILES string of the molecule is c1ccc(-c2ccc3ccc(-c4c5ccccc5c(-c5ccc6c(c5)oc5ccccc56)c5ccccc45)cc3c2)cc1. The molecule has 1 aromatic heterocycles. The lowest BCUT2D eigenvalue weighted by molar-refractivity contribution is 0.669. The predicted molar refractivity (Wildman–Crippen MR) is 183 cm³/mol. The average molecular weight is 547 g/mol. The summed E-state index contributed by atoms with van der Waals surface area (Å²) >= 11 is 0. The van der Waals surface area contributed by atoms with Crippen molar-refractivity contribution >= 4 is 54.3 Å². The van der Waals surface area contributed by atoms with Gasteiger partial charge in [-0.25, -0.2) is 0 Å². The van der Waals surface area contributed by atoms with Gasteiger partial charge in [0.1, 0.15) is 11.2 Å². The van der Waals surface area contributed by atoms with E-state index in [-0.39, 0.29) is 0 Å². The fourth-order valence-corrected chi connectivity index (χ4v) is 6.84. The molecule has 0 amide bonds. The molecule has 0 saturated carbocycles. The molecular formula is C42H26O. The van der Waals surface area contributed by atoms with Crippen molar-refractivity contribution in [1.82, 2.24) is 0 Å². The second-order valence-electron chi connectivity index (χ2n) is 11.3. The van der Waals surface area contributed by atoms with Crippen molar-refractivity contribution in [2.24, 2.45) is 0 Å². The molecule has 1 nitrogen and oxygen atoms in total. The quantitative estimate of drug-likeness (QED) is 0.201. The summed E-state index contributed by atoms with van der Waals surface area (Å²) in [5.41, 5.74) is 9.20. The molecule has 0 aliphatic carbocycles. The van der Waals surface area contributed by atoms with Crippen LogP contribution in [0.4, 0.5) is 0 Å². The van der Waals surface area contributed by atoms with E-state index in [1.807, 2.05) is 12.1 Å². The lowest BCUT2D eigenvalue weighted by Crippen LogP contribution is -1.91. The van der Waals surface area contributed by atoms with Crippen molar-refractivity contribution in [3.8, 4) is 33.4 Å². The summed E-state index contributed by atoms with van der Waals surface area (Å²) in [7, 11) is 0. The third-order valence-corrected chi connectivity index (χ3v) is 8.83. The highest BCUT2D eigenvalue weighted by Gasteiger charge is 2.18. The van der Waals surface area contributed by atoms with Gasteiger partial charge in [-0.05, 0) is 96.0 Å². The summed E-state index contributed by atoms with van der Waals surface area (Å²) in [6, 6.07) is 56.9. The molecular weight excluding hydrogens is 520 g/mol. The van der Waals surface area contributed by atoms with Crippen molar-refractivity contribution in [3.63, 3.8) is 0 Å². The first-order valence-electron chi connectivity index (χ1n) is 14.8. The Morgan fingerprint density at radius 3 is 1.44 bits per heavy atom. The first kappa shape index (κ1) is 24.0. The summed E-state index contributed by atoms with van der Waals surface area (Å²) in [6.07, 6.45) is 0. The largest absolute Gasteiger partial charge is 0.456 e. The first-order chi connectivity index (χ1) is 21.3. The van der Waals surface area contributed by atoms with Crippen LogP contribution in [0.2, 0.25) is 0 Å². The molecule has 200 valence electrons. The van der Waals surface area contributed by atoms with E-state index < -0.39 is 0 Å². The van der Waals surface area contributed by atoms with E-state index in [1.54, 1.807) is 0 Å². The third-order valence-electron chi connectivity index (χ3n) is 8.83. The van der Waals surface area contributed by atoms with E-state index in [0.29, 0.717) is 0 Å². The zero-order valence-corrected chi connectivity index (χ0v) is 23.4. The van der Waals surface area contributed by atoms with Crippen molar-refractivity contribution < 1.29 is 4.42 Å². The Hall–Kier alpha value is -5.66. The molecule has 0 radical (unpaired) electrons. The van der Waals surface area contributed by atoms with E-state index in [4.69, 9.17) is 4.42 Å². The van der Waals surface area contributed by atoms with Gasteiger partial charge in [-0.2, -0.15) is 0 Å². The molecule has 1 heterocycles. The fraction of sp³-hybridized carbons (Fsp3) is 0. The maximum Gasteiger partial charge on any atom is 0.136 e. The lowest BCUT2D eigenvalue weighted by Gasteiger charge is -2.18. The second-order valence-corrected chi connectivity index (χ2v) is 11.3. The van der Waals surface area contributed by atoms with E-state index >= 15 is 0 Å². The van der Waals surface area contributed by atoms with E-state index in [1.165, 1.54) is 60.1 Å². The molecule has 8 aromatic carbocycles. The number of rotatable bonds is 3. The predicted octanol–water partition coefficient (Wildman–Crippen LogP) is 12.0. The van der Waals surface area contributed by atoms with Crippen LogP contribution < -0.4 is 0 Å². The minimum atomic E-state index is 0.916. The Labute approximate surface area is 249 Å². The van der Waals surface area contributed by atoms with Crippen LogP contribution in [0.15, 0.2) is 162 Å². The van der Waals surface area contributed by atoms with Crippen LogP contribution >= 0.6 is 0 Å². The van der Waals surface area contributed by atoms with Gasteiger partial charge in [-0.1, -0.05) is 127 Å². The zero-order chi connectivity index (χ0) is 28.3. The van der Waals surface area contributed by atoms with E-state index in [9.17, 15) is 0 Å². The van der Waals surface area contributed by atoms with Crippen LogP contribution in [0.5, 0.6) is 0 Å². The van der Waals surface area contributed by atoms with Gasteiger partial charge in [0.05, 0.1) is 0 Å². The molecule has 0 N–H and O–H groups in total. The Kier molecular flexibility index (Phi) is 5.27. The van der Waals surface area contributed by atoms with Gasteiger partial charge in [0.25, 0.3) is 0 Å². The molecule has 43 heavy (non-hydrogen) atoms. The van der Waals surface area contributed by atoms with Crippen LogP contribution in [-0.4, -0.2) is 0 Å². The Balaban J connectivity index is 1.30. The van der Waals surface area contributed by atoms with Gasteiger partial charge >= 0.3 is 0 Å². The van der Waals surface area contributed by atoms with Gasteiger partial charge in [0.15, 0.2) is 0 Å². The molecule has 0 aliphatic heterocycles. The number of furan rings is 1. The van der Waals surface area contributed by atoms with Crippen LogP contribution in [-0.2, 0) is 0 Å². The maximum atomic E-state index is 6.31. The van der Waals surface area contributed by atoms with E-state index in [2.05, 4.69) is 146 Å². The summed E-state index contributed by atoms with van der Waals surface area (Å²) in [6.45, 7) is 0. The highest BCUT2D eigenvalue weighted by molar-refractivity contribution is 6.22. The van der Waals surface area contributed by atoms with Gasteiger partial charge in [0, 0.05) is 10.8 Å². The molecule has 9 aromatic rings. The average Bonchev–Trinajstić information content (AvgIpc) is 3.45. The van der Waals surface area contributed by atoms with Gasteiger partial charge < -0.3 is 4.42 Å². The molecule has 0 aliphatic rings. The maximum absolute atomic E-state index is 6.31. The van der Waals surface area contributed by atoms with Crippen LogP contribution in [0.1, 0.15) is 0 Å².